The van der Waals surface area contributed by atoms with Crippen molar-refractivity contribution in [1.29, 1.82) is 0 Å². The second-order valence-electron chi connectivity index (χ2n) is 7.20. The molecule has 28 heavy (non-hydrogen) atoms. The van der Waals surface area contributed by atoms with Gasteiger partial charge < -0.3 is 9.80 Å². The van der Waals surface area contributed by atoms with E-state index in [9.17, 15) is 4.79 Å². The number of rotatable bonds is 4. The molecule has 0 bridgehead atoms. The van der Waals surface area contributed by atoms with Crippen LogP contribution in [0.15, 0.2) is 43.1 Å². The third-order valence-electron chi connectivity index (χ3n) is 5.42. The number of aromatic nitrogens is 5. The Balaban J connectivity index is 1.63. The van der Waals surface area contributed by atoms with Crippen LogP contribution in [0, 0.1) is 0 Å². The summed E-state index contributed by atoms with van der Waals surface area (Å²) in [5.41, 5.74) is 1.70. The van der Waals surface area contributed by atoms with Crippen molar-refractivity contribution < 1.29 is 4.79 Å². The van der Waals surface area contributed by atoms with Crippen molar-refractivity contribution in [2.45, 2.75) is 38.3 Å². The third kappa shape index (κ3) is 2.56. The second kappa shape index (κ2) is 6.40. The predicted octanol–water partition coefficient (Wildman–Crippen LogP) is 2.45. The molecule has 3 aromatic heterocycles. The van der Waals surface area contributed by atoms with E-state index in [-0.39, 0.29) is 11.9 Å². The maximum Gasteiger partial charge on any atom is 0.249 e. The zero-order valence-electron chi connectivity index (χ0n) is 15.9. The van der Waals surface area contributed by atoms with E-state index >= 15 is 0 Å². The summed E-state index contributed by atoms with van der Waals surface area (Å²) >= 11 is 0. The first kappa shape index (κ1) is 16.9. The number of hydrogen-bond donors (Lipinski definition) is 0. The Bertz CT molecular complexity index is 1030. The van der Waals surface area contributed by atoms with Gasteiger partial charge in [-0.1, -0.05) is 6.92 Å². The van der Waals surface area contributed by atoms with E-state index in [1.165, 1.54) is 0 Å². The van der Waals surface area contributed by atoms with Gasteiger partial charge in [0.25, 0.3) is 0 Å². The summed E-state index contributed by atoms with van der Waals surface area (Å²) in [6.07, 6.45) is 11.8. The molecule has 1 unspecified atom stereocenters. The molecule has 142 valence electrons. The van der Waals surface area contributed by atoms with E-state index in [0.29, 0.717) is 12.0 Å². The Labute approximate surface area is 162 Å². The van der Waals surface area contributed by atoms with Gasteiger partial charge in [0, 0.05) is 43.4 Å². The molecule has 0 N–H and O–H groups in total. The minimum atomic E-state index is -0.171. The Kier molecular flexibility index (Phi) is 3.85. The standard InChI is InChI=1S/C20H21N7O/c1-3-15-19(28)25(2)16-12-23-20(24-18(16)27(15)14-4-5-14)26-11-10-22-17(26)13-6-8-21-9-7-13/h6-12,14-15H,3-5H2,1-2H3. The fourth-order valence-corrected chi connectivity index (χ4v) is 3.84. The van der Waals surface area contributed by atoms with Gasteiger partial charge in [0.1, 0.15) is 17.6 Å². The van der Waals surface area contributed by atoms with Gasteiger partial charge in [-0.25, -0.2) is 9.97 Å². The molecule has 5 rings (SSSR count). The van der Waals surface area contributed by atoms with Crippen LogP contribution in [0.5, 0.6) is 0 Å². The van der Waals surface area contributed by atoms with Gasteiger partial charge in [0.15, 0.2) is 5.82 Å². The zero-order valence-corrected chi connectivity index (χ0v) is 15.9. The molecule has 3 aromatic rings. The van der Waals surface area contributed by atoms with Gasteiger partial charge in [-0.2, -0.15) is 4.98 Å². The SMILES string of the molecule is CCC1C(=O)N(C)c2cnc(-n3ccnc3-c3ccncc3)nc2N1C1CC1. The van der Waals surface area contributed by atoms with Crippen molar-refractivity contribution in [3.8, 4) is 17.3 Å². The fraction of sp³-hybridized carbons (Fsp3) is 0.350. The van der Waals surface area contributed by atoms with E-state index in [2.05, 4.69) is 26.8 Å². The molecule has 1 aliphatic heterocycles. The van der Waals surface area contributed by atoms with Crippen molar-refractivity contribution in [1.82, 2.24) is 24.5 Å². The van der Waals surface area contributed by atoms with Crippen molar-refractivity contribution in [2.24, 2.45) is 0 Å². The van der Waals surface area contributed by atoms with Crippen LogP contribution in [0.3, 0.4) is 0 Å². The third-order valence-corrected chi connectivity index (χ3v) is 5.42. The molecule has 8 nitrogen and oxygen atoms in total. The van der Waals surface area contributed by atoms with Crippen LogP contribution in [-0.2, 0) is 4.79 Å². The number of anilines is 2. The average Bonchev–Trinajstić information content (AvgIpc) is 3.45. The molecule has 1 aliphatic carbocycles. The lowest BCUT2D eigenvalue weighted by Crippen LogP contribution is -2.53. The lowest BCUT2D eigenvalue weighted by Gasteiger charge is -2.40. The molecule has 4 heterocycles. The highest BCUT2D eigenvalue weighted by molar-refractivity contribution is 6.04. The maximum atomic E-state index is 12.8. The number of pyridine rings is 1. The topological polar surface area (TPSA) is 80.0 Å². The Morgan fingerprint density at radius 2 is 1.93 bits per heavy atom. The van der Waals surface area contributed by atoms with Crippen LogP contribution in [0.4, 0.5) is 11.5 Å². The van der Waals surface area contributed by atoms with Crippen molar-refractivity contribution in [2.75, 3.05) is 16.8 Å². The minimum Gasteiger partial charge on any atom is -0.340 e. The molecular weight excluding hydrogens is 354 g/mol. The quantitative estimate of drug-likeness (QED) is 0.697. The summed E-state index contributed by atoms with van der Waals surface area (Å²) in [6, 6.07) is 4.03. The Morgan fingerprint density at radius 3 is 2.64 bits per heavy atom. The van der Waals surface area contributed by atoms with Crippen LogP contribution in [0.25, 0.3) is 17.3 Å². The fourth-order valence-electron chi connectivity index (χ4n) is 3.84. The molecule has 1 amide bonds. The van der Waals surface area contributed by atoms with E-state index < -0.39 is 0 Å². The number of hydrogen-bond acceptors (Lipinski definition) is 6. The molecule has 1 atom stereocenters. The molecule has 0 aromatic carbocycles. The molecular formula is C20H21N7O. The first-order chi connectivity index (χ1) is 13.7. The minimum absolute atomic E-state index is 0.110. The first-order valence-corrected chi connectivity index (χ1v) is 9.56. The van der Waals surface area contributed by atoms with Crippen LogP contribution in [0.1, 0.15) is 26.2 Å². The smallest absolute Gasteiger partial charge is 0.249 e. The van der Waals surface area contributed by atoms with E-state index in [4.69, 9.17) is 4.98 Å². The molecule has 0 spiro atoms. The second-order valence-corrected chi connectivity index (χ2v) is 7.20. The first-order valence-electron chi connectivity index (χ1n) is 9.56. The monoisotopic (exact) mass is 375 g/mol. The van der Waals surface area contributed by atoms with Crippen molar-refractivity contribution >= 4 is 17.4 Å². The van der Waals surface area contributed by atoms with Gasteiger partial charge >= 0.3 is 0 Å². The zero-order chi connectivity index (χ0) is 19.3. The summed E-state index contributed by atoms with van der Waals surface area (Å²) in [7, 11) is 1.80. The summed E-state index contributed by atoms with van der Waals surface area (Å²) in [6.45, 7) is 2.05. The van der Waals surface area contributed by atoms with Crippen LogP contribution >= 0.6 is 0 Å². The molecule has 0 saturated heterocycles. The van der Waals surface area contributed by atoms with Crippen LogP contribution in [-0.4, -0.2) is 49.5 Å². The normalized spacial score (nSPS) is 19.1. The van der Waals surface area contributed by atoms with Crippen molar-refractivity contribution in [3.63, 3.8) is 0 Å². The highest BCUT2D eigenvalue weighted by atomic mass is 16.2. The number of nitrogens with zero attached hydrogens (tertiary/aromatic N) is 7. The highest BCUT2D eigenvalue weighted by Gasteiger charge is 2.44. The van der Waals surface area contributed by atoms with Crippen LogP contribution in [0.2, 0.25) is 0 Å². The van der Waals surface area contributed by atoms with Gasteiger partial charge in [0.05, 0.1) is 6.20 Å². The number of imidazole rings is 1. The van der Waals surface area contributed by atoms with Gasteiger partial charge in [-0.3, -0.25) is 14.3 Å². The summed E-state index contributed by atoms with van der Waals surface area (Å²) in [5.74, 6) is 2.24. The number of fused-ring (bicyclic) bond motifs is 1. The van der Waals surface area contributed by atoms with E-state index in [0.717, 1.165) is 42.2 Å². The van der Waals surface area contributed by atoms with Gasteiger partial charge in [-0.05, 0) is 31.4 Å². The summed E-state index contributed by atoms with van der Waals surface area (Å²) in [5, 5.41) is 0. The molecule has 1 fully saturated rings. The highest BCUT2D eigenvalue weighted by Crippen LogP contribution is 2.41. The van der Waals surface area contributed by atoms with E-state index in [1.54, 1.807) is 36.7 Å². The van der Waals surface area contributed by atoms with Gasteiger partial charge in [-0.15, -0.1) is 0 Å². The lowest BCUT2D eigenvalue weighted by atomic mass is 10.1. The Morgan fingerprint density at radius 1 is 1.14 bits per heavy atom. The average molecular weight is 375 g/mol. The summed E-state index contributed by atoms with van der Waals surface area (Å²) < 4.78 is 1.87. The predicted molar refractivity (Wildman–Crippen MR) is 105 cm³/mol. The lowest BCUT2D eigenvalue weighted by molar-refractivity contribution is -0.120. The van der Waals surface area contributed by atoms with Crippen molar-refractivity contribution in [3.05, 3.63) is 43.1 Å². The van der Waals surface area contributed by atoms with E-state index in [1.807, 2.05) is 22.9 Å². The number of carbonyl (C=O) groups is 1. The van der Waals surface area contributed by atoms with Crippen LogP contribution < -0.4 is 9.80 Å². The Hall–Kier alpha value is -3.29. The largest absolute Gasteiger partial charge is 0.340 e. The molecule has 8 heteroatoms. The molecule has 0 radical (unpaired) electrons. The summed E-state index contributed by atoms with van der Waals surface area (Å²) in [4.78, 5) is 34.7. The number of carbonyl (C=O) groups excluding carboxylic acids is 1. The molecule has 2 aliphatic rings. The maximum absolute atomic E-state index is 12.8. The number of amides is 1. The number of likely N-dealkylation sites (N-methyl/N-ethyl adjacent to an activating group) is 1. The van der Waals surface area contributed by atoms with Gasteiger partial charge in [0.2, 0.25) is 11.9 Å². The molecule has 1 saturated carbocycles.